The van der Waals surface area contributed by atoms with Crippen molar-refractivity contribution in [2.24, 2.45) is 5.92 Å². The lowest BCUT2D eigenvalue weighted by Gasteiger charge is -2.11. The minimum atomic E-state index is -0.230. The van der Waals surface area contributed by atoms with Crippen LogP contribution in [-0.4, -0.2) is 36.2 Å². The van der Waals surface area contributed by atoms with E-state index < -0.39 is 0 Å². The number of phenolic OH excluding ortho intramolecular Hbond substituents is 1. The van der Waals surface area contributed by atoms with Gasteiger partial charge in [-0.05, 0) is 36.0 Å². The van der Waals surface area contributed by atoms with Crippen LogP contribution < -0.4 is 10.1 Å². The summed E-state index contributed by atoms with van der Waals surface area (Å²) < 4.78 is 4.98. The third-order valence-corrected chi connectivity index (χ3v) is 4.26. The monoisotopic (exact) mass is 267 g/mol. The fourth-order valence-corrected chi connectivity index (χ4v) is 3.19. The van der Waals surface area contributed by atoms with Gasteiger partial charge in [0.05, 0.1) is 12.7 Å². The number of benzene rings is 1. The molecule has 1 aromatic carbocycles. The van der Waals surface area contributed by atoms with E-state index in [1.807, 2.05) is 11.8 Å². The van der Waals surface area contributed by atoms with Gasteiger partial charge in [-0.2, -0.15) is 11.8 Å². The molecule has 0 bridgehead atoms. The van der Waals surface area contributed by atoms with Crippen molar-refractivity contribution >= 4 is 17.7 Å². The van der Waals surface area contributed by atoms with Crippen LogP contribution in [0.25, 0.3) is 0 Å². The summed E-state index contributed by atoms with van der Waals surface area (Å²) in [6.45, 7) is 0.678. The summed E-state index contributed by atoms with van der Waals surface area (Å²) in [5, 5.41) is 12.6. The summed E-state index contributed by atoms with van der Waals surface area (Å²) in [7, 11) is 1.52. The second kappa shape index (κ2) is 6.00. The number of carbonyl (C=O) groups is 1. The normalized spacial score (nSPS) is 18.6. The van der Waals surface area contributed by atoms with Crippen molar-refractivity contribution < 1.29 is 14.6 Å². The number of thioether (sulfide) groups is 1. The van der Waals surface area contributed by atoms with Crippen LogP contribution in [-0.2, 0) is 0 Å². The second-order valence-electron chi connectivity index (χ2n) is 4.32. The zero-order valence-corrected chi connectivity index (χ0v) is 11.1. The Morgan fingerprint density at radius 2 is 2.44 bits per heavy atom. The van der Waals surface area contributed by atoms with E-state index in [-0.39, 0.29) is 11.7 Å². The predicted molar refractivity (Wildman–Crippen MR) is 72.4 cm³/mol. The molecule has 1 aliphatic heterocycles. The molecule has 1 atom stereocenters. The molecule has 5 heteroatoms. The van der Waals surface area contributed by atoms with E-state index in [1.165, 1.54) is 18.9 Å². The maximum atomic E-state index is 11.9. The maximum absolute atomic E-state index is 11.9. The Kier molecular flexibility index (Phi) is 4.36. The number of amides is 1. The predicted octanol–water partition coefficient (Wildman–Crippen LogP) is 1.88. The number of hydrogen-bond acceptors (Lipinski definition) is 4. The fourth-order valence-electron chi connectivity index (χ4n) is 1.91. The SMILES string of the molecule is COc1ccc(C(=O)NCC2CCSC2)c(O)c1. The summed E-state index contributed by atoms with van der Waals surface area (Å²) in [6.07, 6.45) is 1.15. The van der Waals surface area contributed by atoms with Gasteiger partial charge in [-0.15, -0.1) is 0 Å². The summed E-state index contributed by atoms with van der Waals surface area (Å²) in [4.78, 5) is 11.9. The highest BCUT2D eigenvalue weighted by molar-refractivity contribution is 7.99. The largest absolute Gasteiger partial charge is 0.507 e. The van der Waals surface area contributed by atoms with E-state index in [4.69, 9.17) is 4.74 Å². The lowest BCUT2D eigenvalue weighted by Crippen LogP contribution is -2.29. The first kappa shape index (κ1) is 13.1. The molecule has 2 N–H and O–H groups in total. The average Bonchev–Trinajstić information content (AvgIpc) is 2.88. The number of phenols is 1. The smallest absolute Gasteiger partial charge is 0.255 e. The first-order valence-corrected chi connectivity index (χ1v) is 7.09. The summed E-state index contributed by atoms with van der Waals surface area (Å²) in [5.74, 6) is 3.10. The molecule has 0 aromatic heterocycles. The van der Waals surface area contributed by atoms with E-state index in [9.17, 15) is 9.90 Å². The number of rotatable bonds is 4. The van der Waals surface area contributed by atoms with Crippen LogP contribution in [0.5, 0.6) is 11.5 Å². The molecular formula is C13H17NO3S. The van der Waals surface area contributed by atoms with Crippen LogP contribution >= 0.6 is 11.8 Å². The fraction of sp³-hybridized carbons (Fsp3) is 0.462. The van der Waals surface area contributed by atoms with Gasteiger partial charge in [-0.25, -0.2) is 0 Å². The molecule has 2 rings (SSSR count). The van der Waals surface area contributed by atoms with Crippen LogP contribution in [0, 0.1) is 5.92 Å². The molecule has 0 radical (unpaired) electrons. The Bertz CT molecular complexity index is 430. The molecule has 1 aliphatic rings. The van der Waals surface area contributed by atoms with Crippen LogP contribution in [0.3, 0.4) is 0 Å². The zero-order chi connectivity index (χ0) is 13.0. The zero-order valence-electron chi connectivity index (χ0n) is 10.3. The van der Waals surface area contributed by atoms with Gasteiger partial charge < -0.3 is 15.2 Å². The van der Waals surface area contributed by atoms with Gasteiger partial charge >= 0.3 is 0 Å². The Hall–Kier alpha value is -1.36. The van der Waals surface area contributed by atoms with E-state index in [2.05, 4.69) is 5.32 Å². The van der Waals surface area contributed by atoms with Gasteiger partial charge in [0.15, 0.2) is 0 Å². The van der Waals surface area contributed by atoms with Crippen LogP contribution in [0.2, 0.25) is 0 Å². The molecule has 0 spiro atoms. The molecule has 0 saturated carbocycles. The minimum Gasteiger partial charge on any atom is -0.507 e. The van der Waals surface area contributed by atoms with Crippen molar-refractivity contribution in [1.29, 1.82) is 0 Å². The average molecular weight is 267 g/mol. The number of nitrogens with one attached hydrogen (secondary N) is 1. The van der Waals surface area contributed by atoms with Gasteiger partial charge in [0.1, 0.15) is 11.5 Å². The topological polar surface area (TPSA) is 58.6 Å². The molecule has 18 heavy (non-hydrogen) atoms. The highest BCUT2D eigenvalue weighted by atomic mass is 32.2. The Labute approximate surface area is 111 Å². The quantitative estimate of drug-likeness (QED) is 0.874. The minimum absolute atomic E-state index is 0.0485. The van der Waals surface area contributed by atoms with Crippen LogP contribution in [0.4, 0.5) is 0 Å². The van der Waals surface area contributed by atoms with Crippen molar-refractivity contribution in [2.75, 3.05) is 25.2 Å². The molecule has 1 heterocycles. The third-order valence-electron chi connectivity index (χ3n) is 3.02. The van der Waals surface area contributed by atoms with E-state index in [0.717, 1.165) is 12.2 Å². The number of ether oxygens (including phenoxy) is 1. The number of hydrogen-bond donors (Lipinski definition) is 2. The van der Waals surface area contributed by atoms with Gasteiger partial charge in [0.25, 0.3) is 5.91 Å². The lowest BCUT2D eigenvalue weighted by molar-refractivity contribution is 0.0946. The van der Waals surface area contributed by atoms with Gasteiger partial charge in [-0.1, -0.05) is 0 Å². The first-order chi connectivity index (χ1) is 8.70. The van der Waals surface area contributed by atoms with Crippen LogP contribution in [0.15, 0.2) is 18.2 Å². The number of carbonyl (C=O) groups excluding carboxylic acids is 1. The second-order valence-corrected chi connectivity index (χ2v) is 5.47. The molecule has 1 saturated heterocycles. The Morgan fingerprint density at radius 3 is 3.06 bits per heavy atom. The van der Waals surface area contributed by atoms with Gasteiger partial charge in [0, 0.05) is 12.6 Å². The molecule has 0 aliphatic carbocycles. The maximum Gasteiger partial charge on any atom is 0.255 e. The van der Waals surface area contributed by atoms with Crippen molar-refractivity contribution in [3.63, 3.8) is 0 Å². The molecular weight excluding hydrogens is 250 g/mol. The van der Waals surface area contributed by atoms with Gasteiger partial charge in [0.2, 0.25) is 0 Å². The van der Waals surface area contributed by atoms with Gasteiger partial charge in [-0.3, -0.25) is 4.79 Å². The van der Waals surface area contributed by atoms with Crippen molar-refractivity contribution in [1.82, 2.24) is 5.32 Å². The van der Waals surface area contributed by atoms with Crippen molar-refractivity contribution in [3.05, 3.63) is 23.8 Å². The number of methoxy groups -OCH3 is 1. The standard InChI is InChI=1S/C13H17NO3S/c1-17-10-2-3-11(12(15)6-10)13(16)14-7-9-4-5-18-8-9/h2-3,6,9,15H,4-5,7-8H2,1H3,(H,14,16). The van der Waals surface area contributed by atoms with Crippen molar-refractivity contribution in [2.45, 2.75) is 6.42 Å². The summed E-state index contributed by atoms with van der Waals surface area (Å²) in [5.41, 5.74) is 0.293. The third kappa shape index (κ3) is 3.10. The van der Waals surface area contributed by atoms with E-state index >= 15 is 0 Å². The molecule has 4 nitrogen and oxygen atoms in total. The van der Waals surface area contributed by atoms with E-state index in [1.54, 1.807) is 12.1 Å². The van der Waals surface area contributed by atoms with Crippen molar-refractivity contribution in [3.8, 4) is 11.5 Å². The Balaban J connectivity index is 1.95. The molecule has 98 valence electrons. The first-order valence-electron chi connectivity index (χ1n) is 5.93. The highest BCUT2D eigenvalue weighted by Gasteiger charge is 2.18. The summed E-state index contributed by atoms with van der Waals surface area (Å²) in [6, 6.07) is 4.69. The highest BCUT2D eigenvalue weighted by Crippen LogP contribution is 2.24. The van der Waals surface area contributed by atoms with Crippen LogP contribution in [0.1, 0.15) is 16.8 Å². The number of aromatic hydroxyl groups is 1. The summed E-state index contributed by atoms with van der Waals surface area (Å²) >= 11 is 1.92. The lowest BCUT2D eigenvalue weighted by atomic mass is 10.1. The Morgan fingerprint density at radius 1 is 1.61 bits per heavy atom. The van der Waals surface area contributed by atoms with E-state index in [0.29, 0.717) is 23.8 Å². The molecule has 1 aromatic rings. The molecule has 1 amide bonds. The molecule has 1 fully saturated rings. The molecule has 1 unspecified atom stereocenters.